The third-order valence-electron chi connectivity index (χ3n) is 2.53. The fraction of sp³-hybridized carbons (Fsp3) is 0.385. The molecule has 0 atom stereocenters. The number of hydrogen-bond donors (Lipinski definition) is 0. The largest absolute Gasteiger partial charge is 0.226 e. The van der Waals surface area contributed by atoms with Gasteiger partial charge in [-0.2, -0.15) is 0 Å². The van der Waals surface area contributed by atoms with Crippen LogP contribution in [0.4, 0.5) is 0 Å². The van der Waals surface area contributed by atoms with Gasteiger partial charge < -0.3 is 0 Å². The van der Waals surface area contributed by atoms with Crippen LogP contribution in [0, 0.1) is 6.92 Å². The van der Waals surface area contributed by atoms with Crippen LogP contribution in [0.2, 0.25) is 0 Å². The van der Waals surface area contributed by atoms with E-state index in [2.05, 4.69) is 65.7 Å². The third-order valence-corrected chi connectivity index (χ3v) is 2.89. The summed E-state index contributed by atoms with van der Waals surface area (Å²) < 4.78 is 0.661. The lowest BCUT2D eigenvalue weighted by molar-refractivity contribution is 0.572. The molecule has 0 spiro atoms. The molecule has 2 aromatic rings. The van der Waals surface area contributed by atoms with Gasteiger partial charge in [-0.25, -0.2) is 9.97 Å². The summed E-state index contributed by atoms with van der Waals surface area (Å²) >= 11 is 3.37. The summed E-state index contributed by atoms with van der Waals surface area (Å²) in [7, 11) is 0. The molecule has 84 valence electrons. The van der Waals surface area contributed by atoms with E-state index in [1.165, 1.54) is 5.56 Å². The van der Waals surface area contributed by atoms with Crippen LogP contribution in [-0.2, 0) is 5.41 Å². The highest BCUT2D eigenvalue weighted by Crippen LogP contribution is 2.29. The minimum absolute atomic E-state index is 0.0253. The van der Waals surface area contributed by atoms with E-state index >= 15 is 0 Å². The Morgan fingerprint density at radius 3 is 2.44 bits per heavy atom. The highest BCUT2D eigenvalue weighted by atomic mass is 79.9. The highest BCUT2D eigenvalue weighted by molar-refractivity contribution is 9.10. The van der Waals surface area contributed by atoms with Gasteiger partial charge in [-0.1, -0.05) is 32.4 Å². The number of aryl methyl sites for hydroxylation is 1. The first-order chi connectivity index (χ1) is 7.38. The summed E-state index contributed by atoms with van der Waals surface area (Å²) in [4.78, 5) is 8.92. The molecule has 2 rings (SSSR count). The van der Waals surface area contributed by atoms with Crippen molar-refractivity contribution in [3.05, 3.63) is 34.2 Å². The number of nitrogens with zero attached hydrogens (tertiary/aromatic N) is 2. The number of rotatable bonds is 0. The molecule has 0 amide bonds. The first-order valence-electron chi connectivity index (χ1n) is 5.32. The first kappa shape index (κ1) is 11.5. The molecule has 1 aromatic heterocycles. The van der Waals surface area contributed by atoms with Gasteiger partial charge in [0.15, 0.2) is 4.73 Å². The minimum atomic E-state index is 0.0253. The second-order valence-corrected chi connectivity index (χ2v) is 5.82. The van der Waals surface area contributed by atoms with Crippen LogP contribution in [-0.4, -0.2) is 9.97 Å². The van der Waals surface area contributed by atoms with E-state index in [4.69, 9.17) is 0 Å². The van der Waals surface area contributed by atoms with Crippen molar-refractivity contribution in [3.8, 4) is 0 Å². The number of benzene rings is 1. The van der Waals surface area contributed by atoms with Crippen molar-refractivity contribution in [3.63, 3.8) is 0 Å². The third kappa shape index (κ3) is 2.09. The molecule has 1 aromatic carbocycles. The second kappa shape index (κ2) is 3.81. The van der Waals surface area contributed by atoms with Crippen molar-refractivity contribution < 1.29 is 0 Å². The lowest BCUT2D eigenvalue weighted by atomic mass is 9.89. The predicted molar refractivity (Wildman–Crippen MR) is 70.7 cm³/mol. The quantitative estimate of drug-likeness (QED) is 0.681. The number of aromatic nitrogens is 2. The van der Waals surface area contributed by atoms with E-state index in [0.717, 1.165) is 16.6 Å². The smallest absolute Gasteiger partial charge is 0.197 e. The summed E-state index contributed by atoms with van der Waals surface area (Å²) in [5.41, 5.74) is 3.35. The average Bonchev–Trinajstić information content (AvgIpc) is 2.16. The standard InChI is InChI=1S/C13H15BrN2/c1-8-5-6-10-9(7-8)11(13(2,3)4)16-12(14)15-10/h5-7H,1-4H3. The van der Waals surface area contributed by atoms with Crippen LogP contribution >= 0.6 is 15.9 Å². The molecule has 0 fully saturated rings. The van der Waals surface area contributed by atoms with Crippen molar-refractivity contribution in [1.29, 1.82) is 0 Å². The van der Waals surface area contributed by atoms with E-state index in [1.54, 1.807) is 0 Å². The minimum Gasteiger partial charge on any atom is -0.226 e. The molecule has 16 heavy (non-hydrogen) atoms. The van der Waals surface area contributed by atoms with Crippen molar-refractivity contribution in [2.45, 2.75) is 33.1 Å². The van der Waals surface area contributed by atoms with Crippen LogP contribution in [0.1, 0.15) is 32.0 Å². The van der Waals surface area contributed by atoms with Gasteiger partial charge >= 0.3 is 0 Å². The van der Waals surface area contributed by atoms with Crippen LogP contribution in [0.15, 0.2) is 22.9 Å². The van der Waals surface area contributed by atoms with Gasteiger partial charge in [0.1, 0.15) is 0 Å². The Balaban J connectivity index is 2.85. The van der Waals surface area contributed by atoms with E-state index in [-0.39, 0.29) is 5.41 Å². The van der Waals surface area contributed by atoms with E-state index in [0.29, 0.717) is 4.73 Å². The normalized spacial score (nSPS) is 12.1. The average molecular weight is 279 g/mol. The van der Waals surface area contributed by atoms with Gasteiger partial charge in [0, 0.05) is 10.8 Å². The molecule has 0 aliphatic carbocycles. The Hall–Kier alpha value is -0.960. The van der Waals surface area contributed by atoms with Gasteiger partial charge in [-0.05, 0) is 35.0 Å². The molecule has 0 saturated carbocycles. The van der Waals surface area contributed by atoms with Crippen LogP contribution in [0.5, 0.6) is 0 Å². The molecular weight excluding hydrogens is 264 g/mol. The van der Waals surface area contributed by atoms with Gasteiger partial charge in [-0.3, -0.25) is 0 Å². The Labute approximate surface area is 104 Å². The summed E-state index contributed by atoms with van der Waals surface area (Å²) in [6.07, 6.45) is 0. The van der Waals surface area contributed by atoms with Crippen LogP contribution in [0.25, 0.3) is 10.9 Å². The van der Waals surface area contributed by atoms with E-state index in [9.17, 15) is 0 Å². The van der Waals surface area contributed by atoms with Crippen molar-refractivity contribution in [2.24, 2.45) is 0 Å². The Bertz CT molecular complexity index is 541. The Morgan fingerprint density at radius 2 is 1.81 bits per heavy atom. The molecule has 2 nitrogen and oxygen atoms in total. The fourth-order valence-electron chi connectivity index (χ4n) is 1.79. The van der Waals surface area contributed by atoms with Crippen LogP contribution in [0.3, 0.4) is 0 Å². The van der Waals surface area contributed by atoms with Crippen molar-refractivity contribution in [2.75, 3.05) is 0 Å². The fourth-order valence-corrected chi connectivity index (χ4v) is 2.15. The van der Waals surface area contributed by atoms with Crippen LogP contribution < -0.4 is 0 Å². The zero-order valence-electron chi connectivity index (χ0n) is 10.0. The first-order valence-corrected chi connectivity index (χ1v) is 6.11. The molecule has 0 saturated heterocycles. The van der Waals surface area contributed by atoms with Gasteiger partial charge in [0.05, 0.1) is 11.2 Å². The molecule has 1 heterocycles. The lowest BCUT2D eigenvalue weighted by Gasteiger charge is -2.20. The number of halogens is 1. The van der Waals surface area contributed by atoms with Crippen molar-refractivity contribution in [1.82, 2.24) is 9.97 Å². The van der Waals surface area contributed by atoms with Gasteiger partial charge in [-0.15, -0.1) is 0 Å². The molecule has 0 radical (unpaired) electrons. The summed E-state index contributed by atoms with van der Waals surface area (Å²) in [5, 5.41) is 1.15. The molecular formula is C13H15BrN2. The van der Waals surface area contributed by atoms with E-state index < -0.39 is 0 Å². The molecule has 3 heteroatoms. The van der Waals surface area contributed by atoms with Gasteiger partial charge in [0.2, 0.25) is 0 Å². The van der Waals surface area contributed by atoms with Gasteiger partial charge in [0.25, 0.3) is 0 Å². The molecule has 0 bridgehead atoms. The highest BCUT2D eigenvalue weighted by Gasteiger charge is 2.20. The molecule has 0 N–H and O–H groups in total. The molecule has 0 aliphatic heterocycles. The maximum Gasteiger partial charge on any atom is 0.197 e. The van der Waals surface area contributed by atoms with Crippen molar-refractivity contribution >= 4 is 26.8 Å². The monoisotopic (exact) mass is 278 g/mol. The van der Waals surface area contributed by atoms with E-state index in [1.807, 2.05) is 6.07 Å². The number of hydrogen-bond acceptors (Lipinski definition) is 2. The zero-order chi connectivity index (χ0) is 11.9. The zero-order valence-corrected chi connectivity index (χ0v) is 11.6. The molecule has 0 aliphatic rings. The Morgan fingerprint density at radius 1 is 1.12 bits per heavy atom. The maximum absolute atomic E-state index is 4.52. The topological polar surface area (TPSA) is 25.8 Å². The number of fused-ring (bicyclic) bond motifs is 1. The second-order valence-electron chi connectivity index (χ2n) is 5.11. The predicted octanol–water partition coefficient (Wildman–Crippen LogP) is 4.00. The summed E-state index contributed by atoms with van der Waals surface area (Å²) in [6, 6.07) is 6.28. The molecule has 0 unspecified atom stereocenters. The Kier molecular flexibility index (Phi) is 2.74. The summed E-state index contributed by atoms with van der Waals surface area (Å²) in [5.74, 6) is 0. The lowest BCUT2D eigenvalue weighted by Crippen LogP contribution is -2.15. The summed E-state index contributed by atoms with van der Waals surface area (Å²) in [6.45, 7) is 8.60. The maximum atomic E-state index is 4.52. The SMILES string of the molecule is Cc1ccc2nc(Br)nc(C(C)(C)C)c2c1.